The lowest BCUT2D eigenvalue weighted by atomic mass is 10.2. The standard InChI is InChI=1S/C13H11NO4S/c14-19(16,17)13-8-10(9-15)6-7-12(13)18-11-4-2-1-3-5-11/h1-9H,(H2,14,16,17). The number of hydrogen-bond acceptors (Lipinski definition) is 4. The molecule has 0 aromatic heterocycles. The van der Waals surface area contributed by atoms with Gasteiger partial charge < -0.3 is 4.74 Å². The SMILES string of the molecule is NS(=O)(=O)c1cc(C=O)ccc1Oc1ccccc1. The summed E-state index contributed by atoms with van der Waals surface area (Å²) in [5.41, 5.74) is 0.212. The van der Waals surface area contributed by atoms with Crippen LogP contribution in [-0.4, -0.2) is 14.7 Å². The van der Waals surface area contributed by atoms with Crippen molar-refractivity contribution in [2.75, 3.05) is 0 Å². The second kappa shape index (κ2) is 5.21. The molecule has 98 valence electrons. The zero-order valence-corrected chi connectivity index (χ0v) is 10.6. The number of primary sulfonamides is 1. The van der Waals surface area contributed by atoms with Gasteiger partial charge >= 0.3 is 0 Å². The zero-order valence-electron chi connectivity index (χ0n) is 9.81. The minimum Gasteiger partial charge on any atom is -0.456 e. The summed E-state index contributed by atoms with van der Waals surface area (Å²) in [6.07, 6.45) is 0.543. The van der Waals surface area contributed by atoms with Gasteiger partial charge in [0.2, 0.25) is 10.0 Å². The molecule has 2 aromatic carbocycles. The molecule has 0 radical (unpaired) electrons. The molecule has 2 rings (SSSR count). The van der Waals surface area contributed by atoms with Crippen molar-refractivity contribution >= 4 is 16.3 Å². The number of aldehydes is 1. The maximum absolute atomic E-state index is 11.5. The number of para-hydroxylation sites is 1. The summed E-state index contributed by atoms with van der Waals surface area (Å²) < 4.78 is 28.4. The lowest BCUT2D eigenvalue weighted by molar-refractivity contribution is 0.112. The van der Waals surface area contributed by atoms with Crippen LogP contribution in [0.5, 0.6) is 11.5 Å². The number of hydrogen-bond donors (Lipinski definition) is 1. The lowest BCUT2D eigenvalue weighted by Crippen LogP contribution is -2.13. The molecule has 0 spiro atoms. The topological polar surface area (TPSA) is 86.5 Å². The van der Waals surface area contributed by atoms with E-state index >= 15 is 0 Å². The van der Waals surface area contributed by atoms with E-state index < -0.39 is 10.0 Å². The Hall–Kier alpha value is -2.18. The van der Waals surface area contributed by atoms with Gasteiger partial charge in [-0.15, -0.1) is 0 Å². The summed E-state index contributed by atoms with van der Waals surface area (Å²) in [5, 5.41) is 5.11. The van der Waals surface area contributed by atoms with Crippen molar-refractivity contribution < 1.29 is 17.9 Å². The van der Waals surface area contributed by atoms with Crippen molar-refractivity contribution in [3.63, 3.8) is 0 Å². The van der Waals surface area contributed by atoms with Gasteiger partial charge in [0.25, 0.3) is 0 Å². The number of ether oxygens (including phenoxy) is 1. The quantitative estimate of drug-likeness (QED) is 0.865. The molecule has 6 heteroatoms. The Morgan fingerprint density at radius 1 is 1.05 bits per heavy atom. The molecule has 0 amide bonds. The van der Waals surface area contributed by atoms with Crippen molar-refractivity contribution in [2.24, 2.45) is 5.14 Å². The van der Waals surface area contributed by atoms with Gasteiger partial charge in [-0.25, -0.2) is 13.6 Å². The van der Waals surface area contributed by atoms with E-state index in [1.807, 2.05) is 6.07 Å². The van der Waals surface area contributed by atoms with E-state index in [1.165, 1.54) is 18.2 Å². The highest BCUT2D eigenvalue weighted by molar-refractivity contribution is 7.89. The molecule has 0 atom stereocenters. The molecule has 0 aliphatic heterocycles. The fraction of sp³-hybridized carbons (Fsp3) is 0. The molecule has 0 bridgehead atoms. The zero-order chi connectivity index (χ0) is 13.9. The van der Waals surface area contributed by atoms with Crippen LogP contribution in [0, 0.1) is 0 Å². The molecule has 0 aliphatic carbocycles. The van der Waals surface area contributed by atoms with E-state index in [0.29, 0.717) is 12.0 Å². The predicted molar refractivity (Wildman–Crippen MR) is 69.7 cm³/mol. The molecule has 0 unspecified atom stereocenters. The Balaban J connectivity index is 2.48. The smallest absolute Gasteiger partial charge is 0.241 e. The summed E-state index contributed by atoms with van der Waals surface area (Å²) in [4.78, 5) is 10.5. The summed E-state index contributed by atoms with van der Waals surface area (Å²) in [6, 6.07) is 12.7. The number of nitrogens with two attached hydrogens (primary N) is 1. The highest BCUT2D eigenvalue weighted by Gasteiger charge is 2.16. The maximum atomic E-state index is 11.5. The van der Waals surface area contributed by atoms with Gasteiger partial charge in [-0.1, -0.05) is 18.2 Å². The van der Waals surface area contributed by atoms with Gasteiger partial charge in [-0.2, -0.15) is 0 Å². The van der Waals surface area contributed by atoms with Crippen LogP contribution in [-0.2, 0) is 10.0 Å². The number of carbonyl (C=O) groups is 1. The van der Waals surface area contributed by atoms with E-state index in [2.05, 4.69) is 0 Å². The van der Waals surface area contributed by atoms with E-state index in [9.17, 15) is 13.2 Å². The summed E-state index contributed by atoms with van der Waals surface area (Å²) in [5.74, 6) is 0.561. The molecule has 5 nitrogen and oxygen atoms in total. The molecule has 2 aromatic rings. The van der Waals surface area contributed by atoms with E-state index in [-0.39, 0.29) is 16.2 Å². The van der Waals surface area contributed by atoms with Crippen LogP contribution in [0.1, 0.15) is 10.4 Å². The van der Waals surface area contributed by atoms with Crippen molar-refractivity contribution in [2.45, 2.75) is 4.90 Å². The summed E-state index contributed by atoms with van der Waals surface area (Å²) >= 11 is 0. The minimum absolute atomic E-state index is 0.0827. The molecule has 0 saturated carbocycles. The highest BCUT2D eigenvalue weighted by Crippen LogP contribution is 2.28. The Labute approximate surface area is 110 Å². The van der Waals surface area contributed by atoms with Crippen LogP contribution in [0.15, 0.2) is 53.4 Å². The Morgan fingerprint density at radius 3 is 2.32 bits per heavy atom. The van der Waals surface area contributed by atoms with Gasteiger partial charge in [0.1, 0.15) is 22.7 Å². The lowest BCUT2D eigenvalue weighted by Gasteiger charge is -2.10. The van der Waals surface area contributed by atoms with Crippen LogP contribution >= 0.6 is 0 Å². The minimum atomic E-state index is -3.97. The van der Waals surface area contributed by atoms with Crippen molar-refractivity contribution in [1.82, 2.24) is 0 Å². The molecular formula is C13H11NO4S. The summed E-state index contributed by atoms with van der Waals surface area (Å²) in [7, 11) is -3.97. The van der Waals surface area contributed by atoms with Gasteiger partial charge in [-0.3, -0.25) is 4.79 Å². The number of carbonyl (C=O) groups excluding carboxylic acids is 1. The maximum Gasteiger partial charge on any atom is 0.241 e. The fourth-order valence-corrected chi connectivity index (χ4v) is 2.21. The third-order valence-corrected chi connectivity index (χ3v) is 3.31. The van der Waals surface area contributed by atoms with Crippen molar-refractivity contribution in [3.8, 4) is 11.5 Å². The second-order valence-corrected chi connectivity index (χ2v) is 5.31. The third-order valence-electron chi connectivity index (χ3n) is 2.38. The number of sulfonamides is 1. The Kier molecular flexibility index (Phi) is 3.64. The largest absolute Gasteiger partial charge is 0.456 e. The van der Waals surface area contributed by atoms with Gasteiger partial charge in [0.15, 0.2) is 0 Å². The first-order chi connectivity index (χ1) is 9.00. The second-order valence-electron chi connectivity index (χ2n) is 3.78. The number of benzene rings is 2. The van der Waals surface area contributed by atoms with Crippen LogP contribution < -0.4 is 9.88 Å². The first kappa shape index (κ1) is 13.3. The predicted octanol–water partition coefficient (Wildman–Crippen LogP) is 1.94. The molecule has 0 aliphatic rings. The highest BCUT2D eigenvalue weighted by atomic mass is 32.2. The molecule has 2 N–H and O–H groups in total. The molecule has 0 fully saturated rings. The van der Waals surface area contributed by atoms with Crippen LogP contribution in [0.25, 0.3) is 0 Å². The molecular weight excluding hydrogens is 266 g/mol. The number of rotatable bonds is 4. The molecule has 0 heterocycles. The molecule has 0 saturated heterocycles. The van der Waals surface area contributed by atoms with Gasteiger partial charge in [0, 0.05) is 5.56 Å². The summed E-state index contributed by atoms with van der Waals surface area (Å²) in [6.45, 7) is 0. The van der Waals surface area contributed by atoms with Crippen molar-refractivity contribution in [1.29, 1.82) is 0 Å². The van der Waals surface area contributed by atoms with Crippen LogP contribution in [0.2, 0.25) is 0 Å². The monoisotopic (exact) mass is 277 g/mol. The van der Waals surface area contributed by atoms with E-state index in [4.69, 9.17) is 9.88 Å². The van der Waals surface area contributed by atoms with Crippen LogP contribution in [0.4, 0.5) is 0 Å². The van der Waals surface area contributed by atoms with E-state index in [1.54, 1.807) is 24.3 Å². The third kappa shape index (κ3) is 3.18. The van der Waals surface area contributed by atoms with Crippen LogP contribution in [0.3, 0.4) is 0 Å². The average molecular weight is 277 g/mol. The fourth-order valence-electron chi connectivity index (χ4n) is 1.52. The van der Waals surface area contributed by atoms with E-state index in [0.717, 1.165) is 0 Å². The van der Waals surface area contributed by atoms with Gasteiger partial charge in [-0.05, 0) is 30.3 Å². The van der Waals surface area contributed by atoms with Gasteiger partial charge in [0.05, 0.1) is 0 Å². The normalized spacial score (nSPS) is 11.0. The Bertz CT molecular complexity index is 696. The molecule has 19 heavy (non-hydrogen) atoms. The first-order valence-electron chi connectivity index (χ1n) is 5.35. The van der Waals surface area contributed by atoms with Crippen molar-refractivity contribution in [3.05, 3.63) is 54.1 Å². The Morgan fingerprint density at radius 2 is 1.74 bits per heavy atom. The average Bonchev–Trinajstić information content (AvgIpc) is 2.39. The first-order valence-corrected chi connectivity index (χ1v) is 6.90.